The molecule has 0 aliphatic carbocycles. The molecule has 0 heterocycles. The maximum absolute atomic E-state index is 11.7. The SMILES string of the molecule is O=C(CCCCCOc1ccccc1)NC(=O)OCc1ccccc1. The molecule has 0 unspecified atom stereocenters. The monoisotopic (exact) mass is 341 g/mol. The zero-order valence-electron chi connectivity index (χ0n) is 14.1. The molecule has 2 amide bonds. The summed E-state index contributed by atoms with van der Waals surface area (Å²) in [6.07, 6.45) is 2.02. The first-order valence-electron chi connectivity index (χ1n) is 8.42. The van der Waals surface area contributed by atoms with Gasteiger partial charge in [0, 0.05) is 6.42 Å². The van der Waals surface area contributed by atoms with Crippen LogP contribution in [0.5, 0.6) is 5.75 Å². The number of amides is 2. The van der Waals surface area contributed by atoms with E-state index in [1.165, 1.54) is 0 Å². The van der Waals surface area contributed by atoms with Gasteiger partial charge in [-0.25, -0.2) is 4.79 Å². The highest BCUT2D eigenvalue weighted by Crippen LogP contribution is 2.09. The van der Waals surface area contributed by atoms with E-state index in [1.807, 2.05) is 60.7 Å². The summed E-state index contributed by atoms with van der Waals surface area (Å²) in [5, 5.41) is 2.24. The number of ether oxygens (including phenoxy) is 2. The smallest absolute Gasteiger partial charge is 0.414 e. The van der Waals surface area contributed by atoms with Crippen molar-refractivity contribution in [3.05, 3.63) is 66.2 Å². The first kappa shape index (κ1) is 18.5. The minimum Gasteiger partial charge on any atom is -0.494 e. The molecule has 0 aromatic heterocycles. The minimum absolute atomic E-state index is 0.150. The highest BCUT2D eigenvalue weighted by atomic mass is 16.5. The largest absolute Gasteiger partial charge is 0.494 e. The van der Waals surface area contributed by atoms with Gasteiger partial charge in [-0.1, -0.05) is 48.5 Å². The number of rotatable bonds is 9. The number of imide groups is 1. The molecule has 0 aliphatic rings. The Kier molecular flexibility index (Phi) is 8.05. The Hall–Kier alpha value is -2.82. The Morgan fingerprint density at radius 1 is 0.840 bits per heavy atom. The predicted molar refractivity (Wildman–Crippen MR) is 95.2 cm³/mol. The van der Waals surface area contributed by atoms with Crippen LogP contribution in [-0.4, -0.2) is 18.6 Å². The number of hydrogen-bond donors (Lipinski definition) is 1. The third kappa shape index (κ3) is 8.01. The number of hydrogen-bond acceptors (Lipinski definition) is 4. The van der Waals surface area contributed by atoms with E-state index in [9.17, 15) is 9.59 Å². The molecule has 5 heteroatoms. The molecule has 2 rings (SSSR count). The van der Waals surface area contributed by atoms with Gasteiger partial charge in [-0.2, -0.15) is 0 Å². The van der Waals surface area contributed by atoms with E-state index >= 15 is 0 Å². The van der Waals surface area contributed by atoms with Crippen LogP contribution in [-0.2, 0) is 16.1 Å². The first-order chi connectivity index (χ1) is 12.2. The fourth-order valence-electron chi connectivity index (χ4n) is 2.21. The number of alkyl carbamates (subject to hydrolysis) is 1. The average Bonchev–Trinajstić information content (AvgIpc) is 2.64. The van der Waals surface area contributed by atoms with E-state index in [2.05, 4.69) is 5.32 Å². The van der Waals surface area contributed by atoms with E-state index < -0.39 is 6.09 Å². The standard InChI is InChI=1S/C20H23NO4/c22-19(21-20(23)25-16-17-10-4-1-5-11-17)14-8-3-9-15-24-18-12-6-2-7-13-18/h1-2,4-7,10-13H,3,8-9,14-16H2,(H,21,22,23). The molecule has 2 aromatic rings. The molecule has 0 fully saturated rings. The summed E-state index contributed by atoms with van der Waals surface area (Å²) < 4.78 is 10.6. The summed E-state index contributed by atoms with van der Waals surface area (Å²) in [6, 6.07) is 18.9. The summed E-state index contributed by atoms with van der Waals surface area (Å²) in [4.78, 5) is 23.2. The van der Waals surface area contributed by atoms with E-state index in [-0.39, 0.29) is 12.5 Å². The highest BCUT2D eigenvalue weighted by molar-refractivity contribution is 5.91. The lowest BCUT2D eigenvalue weighted by Gasteiger charge is -2.07. The van der Waals surface area contributed by atoms with Crippen molar-refractivity contribution >= 4 is 12.0 Å². The van der Waals surface area contributed by atoms with Crippen LogP contribution < -0.4 is 10.1 Å². The molecular formula is C20H23NO4. The number of para-hydroxylation sites is 1. The fourth-order valence-corrected chi connectivity index (χ4v) is 2.21. The van der Waals surface area contributed by atoms with Crippen LogP contribution in [0, 0.1) is 0 Å². The van der Waals surface area contributed by atoms with E-state index in [4.69, 9.17) is 9.47 Å². The van der Waals surface area contributed by atoms with Crippen LogP contribution in [0.15, 0.2) is 60.7 Å². The molecule has 0 saturated heterocycles. The molecule has 0 atom stereocenters. The summed E-state index contributed by atoms with van der Waals surface area (Å²) in [7, 11) is 0. The van der Waals surface area contributed by atoms with Crippen LogP contribution in [0.3, 0.4) is 0 Å². The predicted octanol–water partition coefficient (Wildman–Crippen LogP) is 4.08. The van der Waals surface area contributed by atoms with Gasteiger partial charge in [0.1, 0.15) is 12.4 Å². The van der Waals surface area contributed by atoms with E-state index in [0.29, 0.717) is 19.4 Å². The Morgan fingerprint density at radius 3 is 2.24 bits per heavy atom. The van der Waals surface area contributed by atoms with Crippen molar-refractivity contribution in [2.24, 2.45) is 0 Å². The second-order valence-electron chi connectivity index (χ2n) is 5.58. The van der Waals surface area contributed by atoms with Crippen molar-refractivity contribution in [2.45, 2.75) is 32.3 Å². The van der Waals surface area contributed by atoms with E-state index in [0.717, 1.165) is 24.2 Å². The molecule has 132 valence electrons. The highest BCUT2D eigenvalue weighted by Gasteiger charge is 2.08. The second-order valence-corrected chi connectivity index (χ2v) is 5.58. The Balaban J connectivity index is 1.49. The van der Waals surface area contributed by atoms with Crippen molar-refractivity contribution in [1.29, 1.82) is 0 Å². The number of nitrogens with one attached hydrogen (secondary N) is 1. The molecule has 0 aliphatic heterocycles. The number of unbranched alkanes of at least 4 members (excludes halogenated alkanes) is 2. The van der Waals surface area contributed by atoms with E-state index in [1.54, 1.807) is 0 Å². The number of carbonyl (C=O) groups is 2. The first-order valence-corrected chi connectivity index (χ1v) is 8.42. The summed E-state index contributed by atoms with van der Waals surface area (Å²) in [5.41, 5.74) is 0.878. The summed E-state index contributed by atoms with van der Waals surface area (Å²) in [6.45, 7) is 0.765. The zero-order valence-corrected chi connectivity index (χ0v) is 14.1. The number of benzene rings is 2. The molecule has 25 heavy (non-hydrogen) atoms. The lowest BCUT2D eigenvalue weighted by atomic mass is 10.2. The minimum atomic E-state index is -0.707. The lowest BCUT2D eigenvalue weighted by molar-refractivity contribution is -0.120. The maximum atomic E-state index is 11.7. The van der Waals surface area contributed by atoms with Gasteiger partial charge < -0.3 is 9.47 Å². The number of carbonyl (C=O) groups excluding carboxylic acids is 2. The van der Waals surface area contributed by atoms with Crippen LogP contribution >= 0.6 is 0 Å². The van der Waals surface area contributed by atoms with Gasteiger partial charge in [-0.05, 0) is 37.0 Å². The van der Waals surface area contributed by atoms with Crippen LogP contribution in [0.25, 0.3) is 0 Å². The van der Waals surface area contributed by atoms with Crippen molar-refractivity contribution in [2.75, 3.05) is 6.61 Å². The van der Waals surface area contributed by atoms with Gasteiger partial charge in [0.15, 0.2) is 0 Å². The summed E-state index contributed by atoms with van der Waals surface area (Å²) in [5.74, 6) is 0.531. The van der Waals surface area contributed by atoms with Gasteiger partial charge in [0.05, 0.1) is 6.61 Å². The Labute approximate surface area is 148 Å². The van der Waals surface area contributed by atoms with Gasteiger partial charge >= 0.3 is 6.09 Å². The molecule has 5 nitrogen and oxygen atoms in total. The normalized spacial score (nSPS) is 10.1. The van der Waals surface area contributed by atoms with Gasteiger partial charge in [-0.3, -0.25) is 10.1 Å². The molecular weight excluding hydrogens is 318 g/mol. The molecule has 0 saturated carbocycles. The molecule has 0 radical (unpaired) electrons. The van der Waals surface area contributed by atoms with Crippen LogP contribution in [0.2, 0.25) is 0 Å². The Morgan fingerprint density at radius 2 is 1.52 bits per heavy atom. The maximum Gasteiger partial charge on any atom is 0.414 e. The molecule has 0 spiro atoms. The third-order valence-electron chi connectivity index (χ3n) is 3.51. The third-order valence-corrected chi connectivity index (χ3v) is 3.51. The second kappa shape index (κ2) is 10.9. The molecule has 2 aromatic carbocycles. The van der Waals surface area contributed by atoms with Gasteiger partial charge in [0.2, 0.25) is 5.91 Å². The topological polar surface area (TPSA) is 64.6 Å². The van der Waals surface area contributed by atoms with Gasteiger partial charge in [0.25, 0.3) is 0 Å². The average molecular weight is 341 g/mol. The lowest BCUT2D eigenvalue weighted by Crippen LogP contribution is -2.30. The van der Waals surface area contributed by atoms with Crippen LogP contribution in [0.1, 0.15) is 31.2 Å². The molecule has 0 bridgehead atoms. The zero-order chi connectivity index (χ0) is 17.7. The Bertz CT molecular complexity index is 643. The quantitative estimate of drug-likeness (QED) is 0.698. The van der Waals surface area contributed by atoms with Gasteiger partial charge in [-0.15, -0.1) is 0 Å². The van der Waals surface area contributed by atoms with Crippen molar-refractivity contribution in [3.8, 4) is 5.75 Å². The van der Waals surface area contributed by atoms with Crippen molar-refractivity contribution in [1.82, 2.24) is 5.32 Å². The van der Waals surface area contributed by atoms with Crippen molar-refractivity contribution in [3.63, 3.8) is 0 Å². The van der Waals surface area contributed by atoms with Crippen LogP contribution in [0.4, 0.5) is 4.79 Å². The van der Waals surface area contributed by atoms with Crippen molar-refractivity contribution < 1.29 is 19.1 Å². The summed E-state index contributed by atoms with van der Waals surface area (Å²) >= 11 is 0. The fraction of sp³-hybridized carbons (Fsp3) is 0.300. The molecule has 1 N–H and O–H groups in total.